The number of rotatable bonds is 0. The molecule has 0 atom stereocenters. The molecule has 0 nitrogen and oxygen atoms in total. The van der Waals surface area contributed by atoms with Gasteiger partial charge in [0.2, 0.25) is 0 Å². The summed E-state index contributed by atoms with van der Waals surface area (Å²) in [6.07, 6.45) is 0. The number of benzene rings is 1. The molecule has 0 heterocycles. The van der Waals surface area contributed by atoms with Crippen molar-refractivity contribution in [3.8, 4) is 0 Å². The van der Waals surface area contributed by atoms with Crippen molar-refractivity contribution in [3.05, 3.63) is 35.4 Å². The lowest BCUT2D eigenvalue weighted by molar-refractivity contribution is 0.469. The van der Waals surface area contributed by atoms with Crippen LogP contribution < -0.4 is 0 Å². The Kier molecular flexibility index (Phi) is 5.86. The molecule has 1 aromatic carbocycles. The van der Waals surface area contributed by atoms with E-state index in [1.54, 1.807) is 0 Å². The van der Waals surface area contributed by atoms with Crippen LogP contribution >= 0.6 is 0 Å². The Morgan fingerprint density at radius 1 is 0.526 bits per heavy atom. The minimum Gasteiger partial charge on any atom is -0.0620 e. The van der Waals surface area contributed by atoms with E-state index < -0.39 is 0 Å². The van der Waals surface area contributed by atoms with Crippen molar-refractivity contribution in [1.82, 2.24) is 0 Å². The molecule has 0 bridgehead atoms. The molecule has 0 aliphatic carbocycles. The van der Waals surface area contributed by atoms with Crippen molar-refractivity contribution < 1.29 is 0 Å². The molecule has 0 saturated carbocycles. The third kappa shape index (κ3) is 8.08. The smallest absolute Gasteiger partial charge is 0.0129 e. The second-order valence-corrected chi connectivity index (χ2v) is 9.05. The maximum absolute atomic E-state index is 2.28. The summed E-state index contributed by atoms with van der Waals surface area (Å²) in [5, 5.41) is 0. The highest BCUT2D eigenvalue weighted by molar-refractivity contribution is 5.37. The maximum Gasteiger partial charge on any atom is -0.0129 e. The number of hydrogen-bond acceptors (Lipinski definition) is 0. The molecule has 1 rings (SSSR count). The summed E-state index contributed by atoms with van der Waals surface area (Å²) in [6, 6.07) is 8.77. The summed E-state index contributed by atoms with van der Waals surface area (Å²) in [7, 11) is 0. The minimum atomic E-state index is 0.240. The predicted octanol–water partition coefficient (Wildman–Crippen LogP) is 6.33. The van der Waals surface area contributed by atoms with Crippen LogP contribution in [0, 0.1) is 5.41 Å². The molecule has 0 heteroatoms. The van der Waals surface area contributed by atoms with Crippen LogP contribution in [0.3, 0.4) is 0 Å². The van der Waals surface area contributed by atoms with Crippen molar-refractivity contribution in [3.63, 3.8) is 0 Å². The predicted molar refractivity (Wildman–Crippen MR) is 89.0 cm³/mol. The zero-order valence-electron chi connectivity index (χ0n) is 14.8. The highest BCUT2D eigenvalue weighted by Gasteiger charge is 2.23. The van der Waals surface area contributed by atoms with E-state index >= 15 is 0 Å². The van der Waals surface area contributed by atoms with Gasteiger partial charge in [-0.15, -0.1) is 0 Å². The second-order valence-electron chi connectivity index (χ2n) is 9.05. The normalized spacial score (nSPS) is 12.7. The lowest BCUT2D eigenvalue weighted by Gasteiger charge is -2.29. The summed E-state index contributed by atoms with van der Waals surface area (Å²) < 4.78 is 0. The molecule has 0 aliphatic rings. The quantitative estimate of drug-likeness (QED) is 0.512. The van der Waals surface area contributed by atoms with Gasteiger partial charge in [0.1, 0.15) is 0 Å². The molecule has 1 aromatic rings. The summed E-state index contributed by atoms with van der Waals surface area (Å²) >= 11 is 0. The fourth-order valence-electron chi connectivity index (χ4n) is 1.79. The Morgan fingerprint density at radius 3 is 0.895 bits per heavy atom. The van der Waals surface area contributed by atoms with E-state index in [1.807, 2.05) is 0 Å². The van der Waals surface area contributed by atoms with Crippen LogP contribution in [0.2, 0.25) is 0 Å². The lowest BCUT2D eigenvalue weighted by Crippen LogP contribution is -2.21. The molecule has 0 N–H and O–H groups in total. The van der Waals surface area contributed by atoms with Crippen LogP contribution in [0.4, 0.5) is 0 Å². The SMILES string of the molecule is CC(C)(C)C.CC(C)(C)c1ccccc1C(C)(C)C. The third-order valence-corrected chi connectivity index (χ3v) is 2.54. The first-order valence-electron chi connectivity index (χ1n) is 7.33. The highest BCUT2D eigenvalue weighted by Crippen LogP contribution is 2.33. The fourth-order valence-corrected chi connectivity index (χ4v) is 1.79. The van der Waals surface area contributed by atoms with Crippen LogP contribution in [0.15, 0.2) is 24.3 Å². The molecule has 0 fully saturated rings. The monoisotopic (exact) mass is 262 g/mol. The van der Waals surface area contributed by atoms with Gasteiger partial charge in [0.15, 0.2) is 0 Å². The van der Waals surface area contributed by atoms with Crippen LogP contribution in [0.1, 0.15) is 80.4 Å². The molecular weight excluding hydrogens is 228 g/mol. The fraction of sp³-hybridized carbons (Fsp3) is 0.684. The van der Waals surface area contributed by atoms with Crippen molar-refractivity contribution in [2.24, 2.45) is 5.41 Å². The third-order valence-electron chi connectivity index (χ3n) is 2.54. The van der Waals surface area contributed by atoms with Gasteiger partial charge in [-0.25, -0.2) is 0 Å². The maximum atomic E-state index is 2.28. The Bertz CT molecular complexity index is 339. The zero-order valence-corrected chi connectivity index (χ0v) is 14.8. The molecule has 0 amide bonds. The molecule has 0 spiro atoms. The van der Waals surface area contributed by atoms with Gasteiger partial charge in [-0.1, -0.05) is 93.5 Å². The van der Waals surface area contributed by atoms with Gasteiger partial charge in [-0.2, -0.15) is 0 Å². The zero-order chi connectivity index (χ0) is 15.5. The standard InChI is InChI=1S/C14H22.C5H12/c1-13(2,3)11-9-7-8-10-12(11)14(4,5)6;1-5(2,3)4/h7-10H,1-6H3;1-4H3. The average Bonchev–Trinajstić information content (AvgIpc) is 2.12. The summed E-state index contributed by atoms with van der Waals surface area (Å²) in [5.74, 6) is 0. The molecule has 0 saturated heterocycles. The summed E-state index contributed by atoms with van der Waals surface area (Å²) in [6.45, 7) is 22.4. The van der Waals surface area contributed by atoms with Gasteiger partial charge >= 0.3 is 0 Å². The van der Waals surface area contributed by atoms with E-state index in [0.29, 0.717) is 5.41 Å². The van der Waals surface area contributed by atoms with Gasteiger partial charge in [0, 0.05) is 0 Å². The first-order valence-corrected chi connectivity index (χ1v) is 7.33. The molecule has 0 aliphatic heterocycles. The van der Waals surface area contributed by atoms with Crippen LogP contribution in [-0.4, -0.2) is 0 Å². The molecule has 0 aromatic heterocycles. The summed E-state index contributed by atoms with van der Waals surface area (Å²) in [4.78, 5) is 0. The number of hydrogen-bond donors (Lipinski definition) is 0. The average molecular weight is 262 g/mol. The van der Waals surface area contributed by atoms with Gasteiger partial charge in [-0.05, 0) is 27.4 Å². The Morgan fingerprint density at radius 2 is 0.737 bits per heavy atom. The van der Waals surface area contributed by atoms with Gasteiger partial charge < -0.3 is 0 Å². The van der Waals surface area contributed by atoms with Crippen LogP contribution in [0.5, 0.6) is 0 Å². The molecule has 110 valence electrons. The van der Waals surface area contributed by atoms with Gasteiger partial charge in [-0.3, -0.25) is 0 Å². The van der Waals surface area contributed by atoms with Crippen molar-refractivity contribution in [1.29, 1.82) is 0 Å². The summed E-state index contributed by atoms with van der Waals surface area (Å²) in [5.41, 5.74) is 3.91. The molecule has 19 heavy (non-hydrogen) atoms. The Labute approximate surface area is 121 Å². The van der Waals surface area contributed by atoms with E-state index in [9.17, 15) is 0 Å². The first kappa shape index (κ1) is 18.2. The topological polar surface area (TPSA) is 0 Å². The van der Waals surface area contributed by atoms with E-state index in [-0.39, 0.29) is 10.8 Å². The molecule has 0 unspecified atom stereocenters. The molecule has 0 radical (unpaired) electrons. The lowest BCUT2D eigenvalue weighted by atomic mass is 9.75. The van der Waals surface area contributed by atoms with Gasteiger partial charge in [0.25, 0.3) is 0 Å². The van der Waals surface area contributed by atoms with Crippen molar-refractivity contribution >= 4 is 0 Å². The van der Waals surface area contributed by atoms with Crippen LogP contribution in [0.25, 0.3) is 0 Å². The second kappa shape index (κ2) is 6.11. The highest BCUT2D eigenvalue weighted by atomic mass is 14.3. The largest absolute Gasteiger partial charge is 0.0620 e. The molecular formula is C19H34. The van der Waals surface area contributed by atoms with Crippen LogP contribution in [-0.2, 0) is 10.8 Å². The minimum absolute atomic E-state index is 0.240. The van der Waals surface area contributed by atoms with Crippen molar-refractivity contribution in [2.45, 2.75) is 80.1 Å². The first-order chi connectivity index (χ1) is 8.23. The van der Waals surface area contributed by atoms with E-state index in [2.05, 4.69) is 93.5 Å². The van der Waals surface area contributed by atoms with E-state index in [0.717, 1.165) is 0 Å². The van der Waals surface area contributed by atoms with Crippen molar-refractivity contribution in [2.75, 3.05) is 0 Å². The van der Waals surface area contributed by atoms with E-state index in [1.165, 1.54) is 11.1 Å². The Balaban J connectivity index is 0.000000555. The van der Waals surface area contributed by atoms with Gasteiger partial charge in [0.05, 0.1) is 0 Å². The Hall–Kier alpha value is -0.780. The van der Waals surface area contributed by atoms with E-state index in [4.69, 9.17) is 0 Å².